The van der Waals surface area contributed by atoms with Crippen LogP contribution in [0.5, 0.6) is 0 Å². The van der Waals surface area contributed by atoms with Crippen LogP contribution in [0.4, 0.5) is 10.1 Å². The molecule has 0 saturated carbocycles. The average Bonchev–Trinajstić information content (AvgIpc) is 3.32. The molecule has 2 N–H and O–H groups in total. The smallest absolute Gasteiger partial charge is 0.147 e. The molecule has 1 atom stereocenters. The van der Waals surface area contributed by atoms with Crippen molar-refractivity contribution in [1.82, 2.24) is 14.9 Å². The minimum Gasteiger partial charge on any atom is -0.396 e. The quantitative estimate of drug-likeness (QED) is 0.423. The zero-order valence-electron chi connectivity index (χ0n) is 16.3. The standard InChI is InChI=1S/C22H21FN4S2/c1-3-27-8-4-5-13(12(27)2)19-9-15-14(6-7-25-21(15)28-19)22-26-18-11-17(24)16(23)10-20(18)29-22/h5-7,9-12H,3-4,8,24H2,1-2H3. The fourth-order valence-electron chi connectivity index (χ4n) is 4.03. The van der Waals surface area contributed by atoms with E-state index < -0.39 is 5.82 Å². The molecule has 3 aromatic heterocycles. The monoisotopic (exact) mass is 424 g/mol. The molecule has 0 saturated heterocycles. The number of aromatic nitrogens is 2. The number of fused-ring (bicyclic) bond motifs is 2. The van der Waals surface area contributed by atoms with Gasteiger partial charge in [0.1, 0.15) is 15.7 Å². The van der Waals surface area contributed by atoms with Gasteiger partial charge >= 0.3 is 0 Å². The molecular formula is C22H21FN4S2. The van der Waals surface area contributed by atoms with Crippen molar-refractivity contribution < 1.29 is 4.39 Å². The molecule has 7 heteroatoms. The summed E-state index contributed by atoms with van der Waals surface area (Å²) in [5, 5.41) is 1.96. The minimum atomic E-state index is -0.399. The minimum absolute atomic E-state index is 0.130. The molecule has 1 unspecified atom stereocenters. The van der Waals surface area contributed by atoms with Gasteiger partial charge in [-0.15, -0.1) is 22.7 Å². The van der Waals surface area contributed by atoms with Crippen LogP contribution in [0.2, 0.25) is 0 Å². The highest BCUT2D eigenvalue weighted by Gasteiger charge is 2.23. The Hall–Kier alpha value is -2.35. The molecule has 1 aliphatic heterocycles. The highest BCUT2D eigenvalue weighted by atomic mass is 32.1. The third-order valence-corrected chi connectivity index (χ3v) is 7.79. The lowest BCUT2D eigenvalue weighted by atomic mass is 9.99. The molecule has 29 heavy (non-hydrogen) atoms. The largest absolute Gasteiger partial charge is 0.396 e. The van der Waals surface area contributed by atoms with Crippen LogP contribution < -0.4 is 5.73 Å². The summed E-state index contributed by atoms with van der Waals surface area (Å²) in [6.45, 7) is 6.66. The average molecular weight is 425 g/mol. The van der Waals surface area contributed by atoms with Gasteiger partial charge < -0.3 is 5.73 Å². The Bertz CT molecular complexity index is 1220. The number of nitrogens with two attached hydrogens (primary N) is 1. The van der Waals surface area contributed by atoms with Gasteiger partial charge in [-0.3, -0.25) is 4.90 Å². The van der Waals surface area contributed by atoms with Crippen LogP contribution in [0.3, 0.4) is 0 Å². The summed E-state index contributed by atoms with van der Waals surface area (Å²) < 4.78 is 14.7. The molecule has 4 heterocycles. The highest BCUT2D eigenvalue weighted by Crippen LogP contribution is 2.40. The van der Waals surface area contributed by atoms with Crippen LogP contribution >= 0.6 is 22.7 Å². The zero-order valence-corrected chi connectivity index (χ0v) is 17.9. The van der Waals surface area contributed by atoms with Crippen molar-refractivity contribution in [2.75, 3.05) is 18.8 Å². The summed E-state index contributed by atoms with van der Waals surface area (Å²) in [6, 6.07) is 7.71. The first-order valence-electron chi connectivity index (χ1n) is 9.74. The van der Waals surface area contributed by atoms with E-state index in [9.17, 15) is 4.39 Å². The van der Waals surface area contributed by atoms with Gasteiger partial charge in [-0.2, -0.15) is 0 Å². The topological polar surface area (TPSA) is 55.0 Å². The van der Waals surface area contributed by atoms with Crippen molar-refractivity contribution in [3.63, 3.8) is 0 Å². The van der Waals surface area contributed by atoms with Crippen LogP contribution in [-0.4, -0.2) is 34.0 Å². The molecule has 1 aliphatic rings. The first kappa shape index (κ1) is 18.7. The van der Waals surface area contributed by atoms with E-state index in [0.29, 0.717) is 6.04 Å². The third-order valence-electron chi connectivity index (χ3n) is 5.64. The number of pyridine rings is 1. The first-order valence-corrected chi connectivity index (χ1v) is 11.4. The molecule has 0 bridgehead atoms. The Morgan fingerprint density at radius 1 is 1.28 bits per heavy atom. The molecular weight excluding hydrogens is 403 g/mol. The molecule has 0 spiro atoms. The lowest BCUT2D eigenvalue weighted by molar-refractivity contribution is 0.257. The Kier molecular flexibility index (Phi) is 4.61. The van der Waals surface area contributed by atoms with Crippen LogP contribution in [0.25, 0.3) is 36.6 Å². The Morgan fingerprint density at radius 3 is 2.97 bits per heavy atom. The second-order valence-corrected chi connectivity index (χ2v) is 9.36. The molecule has 5 rings (SSSR count). The predicted octanol–water partition coefficient (Wildman–Crippen LogP) is 5.79. The van der Waals surface area contributed by atoms with Gasteiger partial charge in [0.05, 0.1) is 15.9 Å². The summed E-state index contributed by atoms with van der Waals surface area (Å²) in [4.78, 5) is 14.1. The van der Waals surface area contributed by atoms with Crippen LogP contribution in [0, 0.1) is 5.82 Å². The SMILES string of the molecule is CCN1CCC=C(c2cc3c(-c4nc5cc(N)c(F)cc5s4)ccnc3s2)C1C. The van der Waals surface area contributed by atoms with E-state index in [0.717, 1.165) is 50.5 Å². The normalized spacial score (nSPS) is 17.9. The fraction of sp³-hybridized carbons (Fsp3) is 0.273. The van der Waals surface area contributed by atoms with Crippen molar-refractivity contribution in [3.8, 4) is 10.6 Å². The number of rotatable bonds is 3. The third kappa shape index (κ3) is 3.13. The summed E-state index contributed by atoms with van der Waals surface area (Å²) in [5.41, 5.74) is 8.99. The number of thiophene rings is 1. The number of halogens is 1. The number of likely N-dealkylation sites (N-methyl/N-ethyl adjacent to an activating group) is 1. The van der Waals surface area contributed by atoms with Gasteiger partial charge in [0.25, 0.3) is 0 Å². The van der Waals surface area contributed by atoms with E-state index in [1.54, 1.807) is 17.4 Å². The number of thiazole rings is 1. The number of nitrogens with zero attached hydrogens (tertiary/aromatic N) is 3. The molecule has 4 aromatic rings. The number of hydrogen-bond donors (Lipinski definition) is 1. The van der Waals surface area contributed by atoms with Gasteiger partial charge in [0.2, 0.25) is 0 Å². The van der Waals surface area contributed by atoms with E-state index >= 15 is 0 Å². The second-order valence-electron chi connectivity index (χ2n) is 7.30. The molecule has 0 radical (unpaired) electrons. The molecule has 148 valence electrons. The summed E-state index contributed by atoms with van der Waals surface area (Å²) in [7, 11) is 0. The van der Waals surface area contributed by atoms with E-state index in [4.69, 9.17) is 10.7 Å². The van der Waals surface area contributed by atoms with Crippen molar-refractivity contribution in [3.05, 3.63) is 47.2 Å². The number of anilines is 1. The maximum Gasteiger partial charge on any atom is 0.147 e. The van der Waals surface area contributed by atoms with Gasteiger partial charge in [-0.1, -0.05) is 13.0 Å². The van der Waals surface area contributed by atoms with Crippen molar-refractivity contribution in [1.29, 1.82) is 0 Å². The number of hydrogen-bond acceptors (Lipinski definition) is 6. The Balaban J connectivity index is 1.62. The zero-order chi connectivity index (χ0) is 20.1. The lowest BCUT2D eigenvalue weighted by Gasteiger charge is -2.32. The van der Waals surface area contributed by atoms with Crippen molar-refractivity contribution >= 4 is 54.4 Å². The van der Waals surface area contributed by atoms with E-state index in [1.807, 2.05) is 12.3 Å². The van der Waals surface area contributed by atoms with Crippen molar-refractivity contribution in [2.24, 2.45) is 0 Å². The Labute approximate surface area is 176 Å². The molecule has 0 amide bonds. The van der Waals surface area contributed by atoms with Crippen LogP contribution in [0.15, 0.2) is 36.5 Å². The molecule has 0 fully saturated rings. The fourth-order valence-corrected chi connectivity index (χ4v) is 6.19. The number of benzene rings is 1. The van der Waals surface area contributed by atoms with Gasteiger partial charge in [-0.25, -0.2) is 14.4 Å². The molecule has 0 aliphatic carbocycles. The van der Waals surface area contributed by atoms with Gasteiger partial charge in [0.15, 0.2) is 0 Å². The van der Waals surface area contributed by atoms with Gasteiger partial charge in [-0.05, 0) is 49.7 Å². The number of nitrogen functional groups attached to an aromatic ring is 1. The lowest BCUT2D eigenvalue weighted by Crippen LogP contribution is -2.36. The summed E-state index contributed by atoms with van der Waals surface area (Å²) in [5.74, 6) is -0.399. The predicted molar refractivity (Wildman–Crippen MR) is 122 cm³/mol. The van der Waals surface area contributed by atoms with E-state index in [1.165, 1.54) is 27.9 Å². The van der Waals surface area contributed by atoms with Gasteiger partial charge in [0, 0.05) is 34.6 Å². The summed E-state index contributed by atoms with van der Waals surface area (Å²) >= 11 is 3.22. The Morgan fingerprint density at radius 2 is 2.14 bits per heavy atom. The van der Waals surface area contributed by atoms with Crippen LogP contribution in [0.1, 0.15) is 25.1 Å². The molecule has 1 aromatic carbocycles. The van der Waals surface area contributed by atoms with Crippen molar-refractivity contribution in [2.45, 2.75) is 26.3 Å². The van der Waals surface area contributed by atoms with E-state index in [-0.39, 0.29) is 5.69 Å². The second kappa shape index (κ2) is 7.16. The maximum atomic E-state index is 13.9. The highest BCUT2D eigenvalue weighted by molar-refractivity contribution is 7.22. The maximum absolute atomic E-state index is 13.9. The summed E-state index contributed by atoms with van der Waals surface area (Å²) in [6.07, 6.45) is 5.27. The first-order chi connectivity index (χ1) is 14.0. The van der Waals surface area contributed by atoms with Crippen LogP contribution in [-0.2, 0) is 0 Å². The van der Waals surface area contributed by atoms with E-state index in [2.05, 4.69) is 35.9 Å². The molecule has 4 nitrogen and oxygen atoms in total.